The van der Waals surface area contributed by atoms with Crippen LogP contribution in [0.15, 0.2) is 11.6 Å². The van der Waals surface area contributed by atoms with E-state index in [-0.39, 0.29) is 28.9 Å². The van der Waals surface area contributed by atoms with Gasteiger partial charge in [-0.25, -0.2) is 0 Å². The van der Waals surface area contributed by atoms with Gasteiger partial charge in [0.05, 0.1) is 6.61 Å². The smallest absolute Gasteiger partial charge is 0.302 e. The fourth-order valence-electron chi connectivity index (χ4n) is 5.99. The van der Waals surface area contributed by atoms with E-state index in [0.29, 0.717) is 24.4 Å². The number of hydrogen-bond acceptors (Lipinski definition) is 4. The number of fused-ring (bicyclic) bond motifs is 1. The van der Waals surface area contributed by atoms with E-state index in [1.54, 1.807) is 0 Å². The normalized spacial score (nSPS) is 32.7. The summed E-state index contributed by atoms with van der Waals surface area (Å²) in [5.41, 5.74) is 1.75. The Morgan fingerprint density at radius 2 is 1.86 bits per heavy atom. The summed E-state index contributed by atoms with van der Waals surface area (Å²) in [7, 11) is 0. The molecule has 4 nitrogen and oxygen atoms in total. The minimum absolute atomic E-state index is 0.0122. The SMILES string of the molecule is CC(=O)OCCC(C)CCC1C(C)=CCC2C(C)(C)C(OC(C)=O)CCC12C. The van der Waals surface area contributed by atoms with Crippen molar-refractivity contribution in [3.63, 3.8) is 0 Å². The first-order valence-electron chi connectivity index (χ1n) is 11.0. The van der Waals surface area contributed by atoms with Crippen molar-refractivity contribution in [2.24, 2.45) is 28.6 Å². The van der Waals surface area contributed by atoms with Crippen molar-refractivity contribution in [2.45, 2.75) is 93.1 Å². The van der Waals surface area contributed by atoms with E-state index >= 15 is 0 Å². The molecule has 0 spiro atoms. The summed E-state index contributed by atoms with van der Waals surface area (Å²) in [6.07, 6.45) is 8.82. The van der Waals surface area contributed by atoms with Crippen LogP contribution in [-0.2, 0) is 19.1 Å². The van der Waals surface area contributed by atoms with Crippen LogP contribution in [0.4, 0.5) is 0 Å². The van der Waals surface area contributed by atoms with Gasteiger partial charge in [-0.05, 0) is 68.6 Å². The third-order valence-corrected chi connectivity index (χ3v) is 7.66. The van der Waals surface area contributed by atoms with Crippen LogP contribution >= 0.6 is 0 Å². The van der Waals surface area contributed by atoms with Gasteiger partial charge in [-0.2, -0.15) is 0 Å². The zero-order chi connectivity index (χ0) is 21.1. The van der Waals surface area contributed by atoms with Gasteiger partial charge in [-0.15, -0.1) is 0 Å². The van der Waals surface area contributed by atoms with Crippen LogP contribution in [0.5, 0.6) is 0 Å². The molecule has 5 unspecified atom stereocenters. The third kappa shape index (κ3) is 4.99. The summed E-state index contributed by atoms with van der Waals surface area (Å²) >= 11 is 0. The minimum atomic E-state index is -0.194. The maximum Gasteiger partial charge on any atom is 0.302 e. The molecule has 5 atom stereocenters. The number of hydrogen-bond donors (Lipinski definition) is 0. The Labute approximate surface area is 171 Å². The lowest BCUT2D eigenvalue weighted by Gasteiger charge is -2.59. The molecule has 0 aliphatic heterocycles. The molecule has 2 aliphatic rings. The van der Waals surface area contributed by atoms with Crippen molar-refractivity contribution in [2.75, 3.05) is 6.61 Å². The van der Waals surface area contributed by atoms with Crippen LogP contribution in [0.25, 0.3) is 0 Å². The van der Waals surface area contributed by atoms with E-state index in [0.717, 1.165) is 32.1 Å². The quantitative estimate of drug-likeness (QED) is 0.412. The summed E-state index contributed by atoms with van der Waals surface area (Å²) in [4.78, 5) is 22.6. The summed E-state index contributed by atoms with van der Waals surface area (Å²) in [6.45, 7) is 15.1. The van der Waals surface area contributed by atoms with Crippen LogP contribution in [0.2, 0.25) is 0 Å². The van der Waals surface area contributed by atoms with Crippen molar-refractivity contribution in [1.82, 2.24) is 0 Å². The first-order chi connectivity index (χ1) is 13.0. The molecule has 160 valence electrons. The standard InChI is InChI=1S/C24H40O4/c1-16(13-15-27-18(3)25)8-10-20-17(2)9-11-21-23(5,6)22(28-19(4)26)12-14-24(20,21)7/h9,16,20-22H,8,10-15H2,1-7H3. The van der Waals surface area contributed by atoms with E-state index in [9.17, 15) is 9.59 Å². The van der Waals surface area contributed by atoms with E-state index in [1.165, 1.54) is 25.8 Å². The Balaban J connectivity index is 2.08. The van der Waals surface area contributed by atoms with Gasteiger partial charge in [0.15, 0.2) is 0 Å². The van der Waals surface area contributed by atoms with E-state index < -0.39 is 0 Å². The molecular weight excluding hydrogens is 352 g/mol. The van der Waals surface area contributed by atoms with Gasteiger partial charge in [0.25, 0.3) is 0 Å². The molecule has 28 heavy (non-hydrogen) atoms. The Morgan fingerprint density at radius 1 is 1.18 bits per heavy atom. The molecule has 2 rings (SSSR count). The number of carbonyl (C=O) groups excluding carboxylic acids is 2. The topological polar surface area (TPSA) is 52.6 Å². The molecule has 0 aromatic heterocycles. The minimum Gasteiger partial charge on any atom is -0.466 e. The van der Waals surface area contributed by atoms with E-state index in [2.05, 4.69) is 40.7 Å². The third-order valence-electron chi connectivity index (χ3n) is 7.66. The average Bonchev–Trinajstić information content (AvgIpc) is 2.56. The molecule has 0 N–H and O–H groups in total. The number of carbonyl (C=O) groups is 2. The number of allylic oxidation sites excluding steroid dienone is 2. The first kappa shape index (κ1) is 23.0. The highest BCUT2D eigenvalue weighted by molar-refractivity contribution is 5.66. The molecule has 0 radical (unpaired) electrons. The summed E-state index contributed by atoms with van der Waals surface area (Å²) in [5.74, 6) is 1.27. The molecule has 4 heteroatoms. The predicted octanol–water partition coefficient (Wildman–Crippen LogP) is 5.70. The van der Waals surface area contributed by atoms with Gasteiger partial charge in [-0.1, -0.05) is 39.3 Å². The van der Waals surface area contributed by atoms with Gasteiger partial charge >= 0.3 is 11.9 Å². The lowest BCUT2D eigenvalue weighted by molar-refractivity contribution is -0.171. The van der Waals surface area contributed by atoms with Crippen molar-refractivity contribution < 1.29 is 19.1 Å². The van der Waals surface area contributed by atoms with E-state index in [1.807, 2.05) is 0 Å². The van der Waals surface area contributed by atoms with Gasteiger partial charge in [0.1, 0.15) is 6.10 Å². The monoisotopic (exact) mass is 392 g/mol. The van der Waals surface area contributed by atoms with E-state index in [4.69, 9.17) is 9.47 Å². The Morgan fingerprint density at radius 3 is 2.46 bits per heavy atom. The summed E-state index contributed by atoms with van der Waals surface area (Å²) in [6, 6.07) is 0. The van der Waals surface area contributed by atoms with Gasteiger partial charge in [-0.3, -0.25) is 9.59 Å². The largest absolute Gasteiger partial charge is 0.466 e. The highest BCUT2D eigenvalue weighted by Crippen LogP contribution is 2.61. The Bertz CT molecular complexity index is 606. The molecule has 1 fully saturated rings. The van der Waals surface area contributed by atoms with Crippen LogP contribution in [0, 0.1) is 28.6 Å². The summed E-state index contributed by atoms with van der Waals surface area (Å²) in [5, 5.41) is 0. The molecule has 1 saturated carbocycles. The first-order valence-corrected chi connectivity index (χ1v) is 11.0. The van der Waals surface area contributed by atoms with Crippen molar-refractivity contribution in [3.8, 4) is 0 Å². The maximum absolute atomic E-state index is 11.6. The molecule has 0 amide bonds. The second-order valence-corrected chi connectivity index (χ2v) is 10.1. The fourth-order valence-corrected chi connectivity index (χ4v) is 5.99. The van der Waals surface area contributed by atoms with Crippen LogP contribution in [-0.4, -0.2) is 24.6 Å². The van der Waals surface area contributed by atoms with Crippen molar-refractivity contribution in [1.29, 1.82) is 0 Å². The second kappa shape index (κ2) is 9.00. The molecule has 0 aromatic carbocycles. The lowest BCUT2D eigenvalue weighted by Crippen LogP contribution is -2.55. The molecule has 2 aliphatic carbocycles. The average molecular weight is 393 g/mol. The predicted molar refractivity (Wildman–Crippen MR) is 112 cm³/mol. The molecule has 0 heterocycles. The number of ether oxygens (including phenoxy) is 2. The molecule has 0 bridgehead atoms. The maximum atomic E-state index is 11.6. The zero-order valence-electron chi connectivity index (χ0n) is 19.0. The fraction of sp³-hybridized carbons (Fsp3) is 0.833. The molecule has 0 aromatic rings. The van der Waals surface area contributed by atoms with Crippen LogP contribution in [0.1, 0.15) is 87.0 Å². The lowest BCUT2D eigenvalue weighted by atomic mass is 9.47. The second-order valence-electron chi connectivity index (χ2n) is 10.1. The zero-order valence-corrected chi connectivity index (χ0v) is 19.0. The summed E-state index contributed by atoms with van der Waals surface area (Å²) < 4.78 is 10.8. The number of esters is 2. The van der Waals surface area contributed by atoms with Crippen LogP contribution in [0.3, 0.4) is 0 Å². The van der Waals surface area contributed by atoms with Crippen LogP contribution < -0.4 is 0 Å². The van der Waals surface area contributed by atoms with Crippen molar-refractivity contribution in [3.05, 3.63) is 11.6 Å². The number of rotatable bonds is 7. The Kier molecular flexibility index (Phi) is 7.38. The van der Waals surface area contributed by atoms with Gasteiger partial charge in [0.2, 0.25) is 0 Å². The van der Waals surface area contributed by atoms with Gasteiger partial charge in [0, 0.05) is 19.3 Å². The highest BCUT2D eigenvalue weighted by Gasteiger charge is 2.56. The Hall–Kier alpha value is -1.32. The van der Waals surface area contributed by atoms with Crippen molar-refractivity contribution >= 4 is 11.9 Å². The highest BCUT2D eigenvalue weighted by atomic mass is 16.5. The van der Waals surface area contributed by atoms with Gasteiger partial charge < -0.3 is 9.47 Å². The molecular formula is C24H40O4. The molecule has 0 saturated heterocycles.